The molecule has 0 amide bonds. The van der Waals surface area contributed by atoms with Crippen molar-refractivity contribution in [1.82, 2.24) is 0 Å². The maximum Gasteiger partial charge on any atom is 0.124 e. The first-order valence-electron chi connectivity index (χ1n) is 10.1. The number of hydrogen-bond acceptors (Lipinski definition) is 4. The molecule has 0 aliphatic carbocycles. The Morgan fingerprint density at radius 1 is 1.18 bits per heavy atom. The van der Waals surface area contributed by atoms with Gasteiger partial charge < -0.3 is 14.6 Å². The summed E-state index contributed by atoms with van der Waals surface area (Å²) in [7, 11) is 1.70. The summed E-state index contributed by atoms with van der Waals surface area (Å²) in [5, 5.41) is 9.92. The van der Waals surface area contributed by atoms with Crippen LogP contribution in [0.15, 0.2) is 53.5 Å². The predicted octanol–water partition coefficient (Wildman–Crippen LogP) is 5.13. The van der Waals surface area contributed by atoms with Gasteiger partial charge in [0.25, 0.3) is 0 Å². The van der Waals surface area contributed by atoms with E-state index in [0.717, 1.165) is 43.6 Å². The lowest BCUT2D eigenvalue weighted by molar-refractivity contribution is -0.0976. The molecule has 0 saturated carbocycles. The van der Waals surface area contributed by atoms with Gasteiger partial charge in [-0.2, -0.15) is 0 Å². The molecular formula is C24H31NO3. The fraction of sp³-hybridized carbons (Fsp3) is 0.458. The summed E-state index contributed by atoms with van der Waals surface area (Å²) in [6.07, 6.45) is 5.68. The minimum atomic E-state index is -0.112. The van der Waals surface area contributed by atoms with E-state index in [4.69, 9.17) is 9.47 Å². The van der Waals surface area contributed by atoms with Crippen LogP contribution in [0.1, 0.15) is 50.7 Å². The molecule has 2 aromatic rings. The molecule has 1 aliphatic heterocycles. The topological polar surface area (TPSA) is 51.1 Å². The molecule has 2 atom stereocenters. The van der Waals surface area contributed by atoms with Crippen molar-refractivity contribution in [2.24, 2.45) is 4.99 Å². The van der Waals surface area contributed by atoms with Gasteiger partial charge in [0.05, 0.1) is 12.7 Å². The highest BCUT2D eigenvalue weighted by atomic mass is 16.5. The molecule has 1 fully saturated rings. The molecule has 0 bridgehead atoms. The number of benzene rings is 2. The van der Waals surface area contributed by atoms with Crippen LogP contribution in [-0.4, -0.2) is 37.2 Å². The normalized spacial score (nSPS) is 25.1. The van der Waals surface area contributed by atoms with Gasteiger partial charge >= 0.3 is 0 Å². The third kappa shape index (κ3) is 4.56. The quantitative estimate of drug-likeness (QED) is 0.677. The number of hydrogen-bond donors (Lipinski definition) is 1. The lowest BCUT2D eigenvalue weighted by Crippen LogP contribution is -2.45. The van der Waals surface area contributed by atoms with Gasteiger partial charge in [-0.05, 0) is 62.4 Å². The zero-order chi connectivity index (χ0) is 20.0. The minimum absolute atomic E-state index is 0.0331. The molecule has 1 aliphatic rings. The third-order valence-corrected chi connectivity index (χ3v) is 6.08. The maximum atomic E-state index is 9.92. The summed E-state index contributed by atoms with van der Waals surface area (Å²) in [5.41, 5.74) is 2.01. The Morgan fingerprint density at radius 3 is 2.61 bits per heavy atom. The van der Waals surface area contributed by atoms with Crippen molar-refractivity contribution < 1.29 is 14.6 Å². The highest BCUT2D eigenvalue weighted by Crippen LogP contribution is 2.45. The summed E-state index contributed by atoms with van der Waals surface area (Å²) < 4.78 is 11.5. The monoisotopic (exact) mass is 381 g/mol. The highest BCUT2D eigenvalue weighted by molar-refractivity contribution is 5.83. The fourth-order valence-electron chi connectivity index (χ4n) is 4.16. The fourth-order valence-corrected chi connectivity index (χ4v) is 4.16. The van der Waals surface area contributed by atoms with Crippen LogP contribution in [0.2, 0.25) is 0 Å². The van der Waals surface area contributed by atoms with Crippen molar-refractivity contribution in [1.29, 1.82) is 0 Å². The molecule has 4 nitrogen and oxygen atoms in total. The number of ether oxygens (including phenoxy) is 2. The Labute approximate surface area is 168 Å². The number of phenols is 1. The zero-order valence-corrected chi connectivity index (χ0v) is 17.1. The summed E-state index contributed by atoms with van der Waals surface area (Å²) in [4.78, 5) is 4.62. The van der Waals surface area contributed by atoms with Crippen molar-refractivity contribution >= 4 is 6.21 Å². The summed E-state index contributed by atoms with van der Waals surface area (Å²) in [5.74, 6) is 1.14. The van der Waals surface area contributed by atoms with E-state index in [1.54, 1.807) is 19.4 Å². The second-order valence-corrected chi connectivity index (χ2v) is 7.93. The molecule has 0 aromatic heterocycles. The first-order chi connectivity index (χ1) is 13.5. The summed E-state index contributed by atoms with van der Waals surface area (Å²) >= 11 is 0. The lowest BCUT2D eigenvalue weighted by atomic mass is 9.66. The van der Waals surface area contributed by atoms with Crippen LogP contribution >= 0.6 is 0 Å². The number of aliphatic imine (C=N–C) groups is 1. The molecule has 28 heavy (non-hydrogen) atoms. The largest absolute Gasteiger partial charge is 0.507 e. The molecule has 1 heterocycles. The third-order valence-electron chi connectivity index (χ3n) is 6.08. The Kier molecular flexibility index (Phi) is 6.40. The van der Waals surface area contributed by atoms with Crippen LogP contribution in [0.25, 0.3) is 0 Å². The summed E-state index contributed by atoms with van der Waals surface area (Å²) in [6.45, 7) is 5.88. The number of rotatable bonds is 7. The number of phenolic OH excluding ortho intramolecular Hbond substituents is 1. The molecule has 2 aromatic carbocycles. The van der Waals surface area contributed by atoms with Crippen LogP contribution < -0.4 is 4.74 Å². The van der Waals surface area contributed by atoms with E-state index in [-0.39, 0.29) is 16.8 Å². The van der Waals surface area contributed by atoms with Crippen molar-refractivity contribution in [3.05, 3.63) is 59.7 Å². The molecule has 0 radical (unpaired) electrons. The van der Waals surface area contributed by atoms with E-state index in [1.165, 1.54) is 5.56 Å². The molecule has 0 unspecified atom stereocenters. The minimum Gasteiger partial charge on any atom is -0.507 e. The van der Waals surface area contributed by atoms with Crippen LogP contribution in [0, 0.1) is 0 Å². The summed E-state index contributed by atoms with van der Waals surface area (Å²) in [6, 6.07) is 15.7. The van der Waals surface area contributed by atoms with E-state index in [0.29, 0.717) is 6.54 Å². The van der Waals surface area contributed by atoms with Gasteiger partial charge in [-0.15, -0.1) is 0 Å². The van der Waals surface area contributed by atoms with Crippen LogP contribution in [0.3, 0.4) is 0 Å². The van der Waals surface area contributed by atoms with Gasteiger partial charge in [0.15, 0.2) is 0 Å². The average molecular weight is 382 g/mol. The first-order valence-corrected chi connectivity index (χ1v) is 10.1. The standard InChI is InChI=1S/C24H31NO3/c1-4-23(2)18-24(14-16-28-23,20-9-11-21(27-3)12-10-20)13-15-25-17-19-7-5-6-8-22(19)26/h5-12,17,26H,4,13-16,18H2,1-3H3/t23-,24+/m1/s1. The Bertz CT molecular complexity index is 802. The van der Waals surface area contributed by atoms with Gasteiger partial charge in [0.2, 0.25) is 0 Å². The van der Waals surface area contributed by atoms with Crippen molar-refractivity contribution in [3.63, 3.8) is 0 Å². The first kappa shape index (κ1) is 20.4. The van der Waals surface area contributed by atoms with Crippen molar-refractivity contribution in [3.8, 4) is 11.5 Å². The highest BCUT2D eigenvalue weighted by Gasteiger charge is 2.43. The van der Waals surface area contributed by atoms with Crippen LogP contribution in [0.4, 0.5) is 0 Å². The molecule has 150 valence electrons. The van der Waals surface area contributed by atoms with Gasteiger partial charge in [0, 0.05) is 30.3 Å². The van der Waals surface area contributed by atoms with Crippen molar-refractivity contribution in [2.75, 3.05) is 20.3 Å². The molecule has 3 rings (SSSR count). The smallest absolute Gasteiger partial charge is 0.124 e. The SMILES string of the molecule is CC[C@]1(C)C[C@@](CCN=Cc2ccccc2O)(c2ccc(OC)cc2)CCO1. The number of methoxy groups -OCH3 is 1. The molecule has 1 saturated heterocycles. The molecule has 0 spiro atoms. The van der Waals surface area contributed by atoms with E-state index in [9.17, 15) is 5.11 Å². The Balaban J connectivity index is 1.81. The van der Waals surface area contributed by atoms with Crippen LogP contribution in [0.5, 0.6) is 11.5 Å². The van der Waals surface area contributed by atoms with Gasteiger partial charge in [-0.25, -0.2) is 0 Å². The van der Waals surface area contributed by atoms with Crippen molar-refractivity contribution in [2.45, 2.75) is 50.5 Å². The zero-order valence-electron chi connectivity index (χ0n) is 17.1. The van der Waals surface area contributed by atoms with E-state index in [2.05, 4.69) is 31.0 Å². The predicted molar refractivity (Wildman–Crippen MR) is 114 cm³/mol. The van der Waals surface area contributed by atoms with E-state index < -0.39 is 0 Å². The second-order valence-electron chi connectivity index (χ2n) is 7.93. The Morgan fingerprint density at radius 2 is 1.93 bits per heavy atom. The van der Waals surface area contributed by atoms with Gasteiger partial charge in [0.1, 0.15) is 11.5 Å². The Hall–Kier alpha value is -2.33. The molecule has 4 heteroatoms. The number of aromatic hydroxyl groups is 1. The number of nitrogens with zero attached hydrogens (tertiary/aromatic N) is 1. The van der Waals surface area contributed by atoms with Gasteiger partial charge in [-0.1, -0.05) is 31.2 Å². The van der Waals surface area contributed by atoms with Crippen LogP contribution in [-0.2, 0) is 10.2 Å². The van der Waals surface area contributed by atoms with E-state index >= 15 is 0 Å². The van der Waals surface area contributed by atoms with E-state index in [1.807, 2.05) is 30.3 Å². The van der Waals surface area contributed by atoms with Gasteiger partial charge in [-0.3, -0.25) is 4.99 Å². The molecule has 1 N–H and O–H groups in total. The average Bonchev–Trinajstić information content (AvgIpc) is 2.72. The molecular weight excluding hydrogens is 350 g/mol. The number of para-hydroxylation sites is 1. The second kappa shape index (κ2) is 8.78. The maximum absolute atomic E-state index is 9.92. The lowest BCUT2D eigenvalue weighted by Gasteiger charge is -2.46.